The first-order chi connectivity index (χ1) is 5.20. The molecule has 1 fully saturated rings. The minimum atomic E-state index is -0.270. The molecule has 1 rings (SSSR count). The molecule has 0 bridgehead atoms. The Morgan fingerprint density at radius 3 is 2.36 bits per heavy atom. The maximum Gasteiger partial charge on any atom is 0.248 e. The molecule has 1 heterocycles. The van der Waals surface area contributed by atoms with Crippen LogP contribution in [0, 0.1) is 0 Å². The first-order valence-corrected chi connectivity index (χ1v) is 4.13. The van der Waals surface area contributed by atoms with Crippen LogP contribution in [0.4, 0.5) is 0 Å². The molecule has 0 aliphatic carbocycles. The van der Waals surface area contributed by atoms with E-state index in [1.165, 1.54) is 0 Å². The highest BCUT2D eigenvalue weighted by Gasteiger charge is 2.21. The average Bonchev–Trinajstić information content (AvgIpc) is 2.02. The zero-order valence-corrected chi connectivity index (χ0v) is 7.68. The van der Waals surface area contributed by atoms with Gasteiger partial charge < -0.3 is 10.1 Å². The van der Waals surface area contributed by atoms with Crippen molar-refractivity contribution in [2.75, 3.05) is 6.54 Å². The van der Waals surface area contributed by atoms with E-state index in [2.05, 4.69) is 5.32 Å². The highest BCUT2D eigenvalue weighted by atomic mass is 16.5. The van der Waals surface area contributed by atoms with Crippen LogP contribution in [0.1, 0.15) is 27.7 Å². The van der Waals surface area contributed by atoms with E-state index in [4.69, 9.17) is 4.74 Å². The van der Waals surface area contributed by atoms with Crippen molar-refractivity contribution in [3.63, 3.8) is 0 Å². The summed E-state index contributed by atoms with van der Waals surface area (Å²) in [6.45, 7) is 8.34. The van der Waals surface area contributed by atoms with Gasteiger partial charge >= 0.3 is 0 Å². The molecule has 1 aliphatic rings. The number of morpholine rings is 1. The van der Waals surface area contributed by atoms with Gasteiger partial charge in [-0.3, -0.25) is 4.79 Å². The largest absolute Gasteiger partial charge is 0.364 e. The molecule has 0 aromatic heterocycles. The van der Waals surface area contributed by atoms with E-state index in [0.717, 1.165) is 0 Å². The van der Waals surface area contributed by atoms with Crippen LogP contribution < -0.4 is 5.32 Å². The second-order valence-corrected chi connectivity index (χ2v) is 2.33. The fraction of sp³-hybridized carbons (Fsp3) is 0.875. The van der Waals surface area contributed by atoms with E-state index in [9.17, 15) is 4.79 Å². The lowest BCUT2D eigenvalue weighted by molar-refractivity contribution is -0.141. The summed E-state index contributed by atoms with van der Waals surface area (Å²) in [5.74, 6) is -0.00639. The van der Waals surface area contributed by atoms with Crippen LogP contribution in [0.5, 0.6) is 0 Å². The van der Waals surface area contributed by atoms with Crippen LogP contribution in [-0.2, 0) is 9.53 Å². The molecule has 0 spiro atoms. The summed E-state index contributed by atoms with van der Waals surface area (Å²) in [5, 5.41) is 2.72. The van der Waals surface area contributed by atoms with E-state index in [1.54, 1.807) is 6.92 Å². The number of carbonyl (C=O) groups is 1. The van der Waals surface area contributed by atoms with Gasteiger partial charge in [0, 0.05) is 6.54 Å². The van der Waals surface area contributed by atoms with E-state index in [0.29, 0.717) is 6.54 Å². The van der Waals surface area contributed by atoms with Crippen LogP contribution in [-0.4, -0.2) is 24.7 Å². The fourth-order valence-corrected chi connectivity index (χ4v) is 0.846. The van der Waals surface area contributed by atoms with Gasteiger partial charge in [-0.1, -0.05) is 13.8 Å². The number of amides is 1. The maximum absolute atomic E-state index is 10.7. The van der Waals surface area contributed by atoms with Crippen LogP contribution in [0.2, 0.25) is 0 Å². The van der Waals surface area contributed by atoms with Crippen LogP contribution in [0.25, 0.3) is 0 Å². The van der Waals surface area contributed by atoms with Crippen molar-refractivity contribution in [2.24, 2.45) is 0 Å². The third-order valence-electron chi connectivity index (χ3n) is 1.37. The summed E-state index contributed by atoms with van der Waals surface area (Å²) in [6, 6.07) is 0. The van der Waals surface area contributed by atoms with Crippen LogP contribution >= 0.6 is 0 Å². The van der Waals surface area contributed by atoms with E-state index >= 15 is 0 Å². The van der Waals surface area contributed by atoms with Crippen molar-refractivity contribution in [2.45, 2.75) is 39.9 Å². The van der Waals surface area contributed by atoms with Gasteiger partial charge in [0.2, 0.25) is 5.91 Å². The standard InChI is InChI=1S/C6H11NO2.C2H6/c1-4-3-7-6(8)5(2)9-4;1-2/h4-5H,3H2,1-2H3,(H,7,8);1-2H3. The number of ether oxygens (including phenoxy) is 1. The SMILES string of the molecule is CC.CC1CNC(=O)C(C)O1. The average molecular weight is 159 g/mol. The Hall–Kier alpha value is -0.570. The molecule has 2 atom stereocenters. The number of rotatable bonds is 0. The van der Waals surface area contributed by atoms with Gasteiger partial charge in [0.1, 0.15) is 6.10 Å². The molecule has 0 radical (unpaired) electrons. The highest BCUT2D eigenvalue weighted by molar-refractivity contribution is 5.80. The van der Waals surface area contributed by atoms with Gasteiger partial charge in [0.25, 0.3) is 0 Å². The first kappa shape index (κ1) is 10.4. The van der Waals surface area contributed by atoms with Crippen molar-refractivity contribution in [1.29, 1.82) is 0 Å². The molecule has 1 N–H and O–H groups in total. The molecule has 0 aromatic rings. The molecule has 3 nitrogen and oxygen atoms in total. The Morgan fingerprint density at radius 2 is 2.00 bits per heavy atom. The number of hydrogen-bond donors (Lipinski definition) is 1. The molecular formula is C8H17NO2. The molecule has 11 heavy (non-hydrogen) atoms. The molecule has 1 saturated heterocycles. The Labute approximate surface area is 68.1 Å². The van der Waals surface area contributed by atoms with Gasteiger partial charge in [-0.25, -0.2) is 0 Å². The minimum Gasteiger partial charge on any atom is -0.364 e. The normalized spacial score (nSPS) is 30.0. The zero-order valence-electron chi connectivity index (χ0n) is 7.68. The summed E-state index contributed by atoms with van der Waals surface area (Å²) in [4.78, 5) is 10.7. The highest BCUT2D eigenvalue weighted by Crippen LogP contribution is 2.01. The number of nitrogens with one attached hydrogen (secondary N) is 1. The van der Waals surface area contributed by atoms with Crippen molar-refractivity contribution >= 4 is 5.91 Å². The maximum atomic E-state index is 10.7. The van der Waals surface area contributed by atoms with Gasteiger partial charge in [0.05, 0.1) is 6.10 Å². The zero-order chi connectivity index (χ0) is 8.85. The number of hydrogen-bond acceptors (Lipinski definition) is 2. The summed E-state index contributed by atoms with van der Waals surface area (Å²) in [7, 11) is 0. The molecule has 3 heteroatoms. The topological polar surface area (TPSA) is 38.3 Å². The van der Waals surface area contributed by atoms with Crippen molar-refractivity contribution in [1.82, 2.24) is 5.32 Å². The second kappa shape index (κ2) is 5.13. The first-order valence-electron chi connectivity index (χ1n) is 4.13. The van der Waals surface area contributed by atoms with Gasteiger partial charge in [0.15, 0.2) is 0 Å². The molecule has 0 saturated carbocycles. The van der Waals surface area contributed by atoms with E-state index < -0.39 is 0 Å². The predicted molar refractivity (Wildman–Crippen MR) is 44.4 cm³/mol. The Bertz CT molecular complexity index is 125. The molecule has 0 aromatic carbocycles. The van der Waals surface area contributed by atoms with Crippen LogP contribution in [0.3, 0.4) is 0 Å². The lowest BCUT2D eigenvalue weighted by Crippen LogP contribution is -2.46. The summed E-state index contributed by atoms with van der Waals surface area (Å²) >= 11 is 0. The lowest BCUT2D eigenvalue weighted by atomic mass is 10.3. The Morgan fingerprint density at radius 1 is 1.45 bits per heavy atom. The van der Waals surface area contributed by atoms with E-state index in [1.807, 2.05) is 20.8 Å². The molecule has 1 amide bonds. The third kappa shape index (κ3) is 3.37. The van der Waals surface area contributed by atoms with Crippen molar-refractivity contribution in [3.8, 4) is 0 Å². The summed E-state index contributed by atoms with van der Waals surface area (Å²) in [5.41, 5.74) is 0. The third-order valence-corrected chi connectivity index (χ3v) is 1.37. The van der Waals surface area contributed by atoms with E-state index in [-0.39, 0.29) is 18.1 Å². The van der Waals surface area contributed by atoms with Crippen molar-refractivity contribution in [3.05, 3.63) is 0 Å². The Balaban J connectivity index is 0.000000461. The summed E-state index contributed by atoms with van der Waals surface area (Å²) in [6.07, 6.45) is -0.105. The van der Waals surface area contributed by atoms with Gasteiger partial charge in [-0.15, -0.1) is 0 Å². The van der Waals surface area contributed by atoms with Crippen LogP contribution in [0.15, 0.2) is 0 Å². The molecule has 1 aliphatic heterocycles. The summed E-state index contributed by atoms with van der Waals surface area (Å²) < 4.78 is 5.19. The quantitative estimate of drug-likeness (QED) is 0.571. The minimum absolute atomic E-state index is 0.00639. The number of carbonyl (C=O) groups excluding carboxylic acids is 1. The van der Waals surface area contributed by atoms with Crippen molar-refractivity contribution < 1.29 is 9.53 Å². The lowest BCUT2D eigenvalue weighted by Gasteiger charge is -2.24. The predicted octanol–water partition coefficient (Wildman–Crippen LogP) is 0.936. The second-order valence-electron chi connectivity index (χ2n) is 2.33. The molecule has 66 valence electrons. The molecule has 2 unspecified atom stereocenters. The molecular weight excluding hydrogens is 142 g/mol. The Kier molecular flexibility index (Phi) is 4.86. The van der Waals surface area contributed by atoms with Gasteiger partial charge in [-0.2, -0.15) is 0 Å². The smallest absolute Gasteiger partial charge is 0.248 e. The van der Waals surface area contributed by atoms with Gasteiger partial charge in [-0.05, 0) is 13.8 Å². The fourth-order valence-electron chi connectivity index (χ4n) is 0.846. The monoisotopic (exact) mass is 159 g/mol.